The molecule has 0 unspecified atom stereocenters. The molecule has 1 atom stereocenters. The summed E-state index contributed by atoms with van der Waals surface area (Å²) in [6.45, 7) is 1.24. The Kier molecular flexibility index (Phi) is 5.18. The summed E-state index contributed by atoms with van der Waals surface area (Å²) in [6, 6.07) is 13.3. The number of ether oxygens (including phenoxy) is 1. The zero-order chi connectivity index (χ0) is 22.9. The van der Waals surface area contributed by atoms with Crippen molar-refractivity contribution in [1.29, 1.82) is 5.26 Å². The van der Waals surface area contributed by atoms with Crippen LogP contribution in [0.15, 0.2) is 59.5 Å². The monoisotopic (exact) mass is 444 g/mol. The van der Waals surface area contributed by atoms with Gasteiger partial charge in [0.05, 0.1) is 11.4 Å². The average molecular weight is 444 g/mol. The number of benzene rings is 2. The molecule has 0 saturated carbocycles. The van der Waals surface area contributed by atoms with E-state index in [9.17, 15) is 14.4 Å². The van der Waals surface area contributed by atoms with Crippen LogP contribution in [0.3, 0.4) is 0 Å². The molecule has 0 aliphatic carbocycles. The Bertz CT molecular complexity index is 1420. The minimum atomic E-state index is -0.443. The van der Waals surface area contributed by atoms with Crippen molar-refractivity contribution in [2.45, 2.75) is 18.9 Å². The highest BCUT2D eigenvalue weighted by Gasteiger charge is 2.25. The second-order valence-electron chi connectivity index (χ2n) is 8.01. The van der Waals surface area contributed by atoms with Gasteiger partial charge in [0.2, 0.25) is 0 Å². The smallest absolute Gasteiger partial charge is 0.288 e. The zero-order valence-electron chi connectivity index (χ0n) is 17.7. The molecule has 0 bridgehead atoms. The lowest BCUT2D eigenvalue weighted by atomic mass is 10.1. The van der Waals surface area contributed by atoms with Gasteiger partial charge < -0.3 is 19.9 Å². The van der Waals surface area contributed by atoms with Crippen LogP contribution in [-0.2, 0) is 0 Å². The Morgan fingerprint density at radius 1 is 1.21 bits per heavy atom. The van der Waals surface area contributed by atoms with Gasteiger partial charge in [-0.05, 0) is 42.7 Å². The van der Waals surface area contributed by atoms with Crippen LogP contribution in [0.1, 0.15) is 18.9 Å². The molecule has 3 N–H and O–H groups in total. The molecule has 0 spiro atoms. The summed E-state index contributed by atoms with van der Waals surface area (Å²) in [6.07, 6.45) is 5.80. The third-order valence-corrected chi connectivity index (χ3v) is 5.94. The number of hydrogen-bond donors (Lipinski definition) is 2. The second-order valence-corrected chi connectivity index (χ2v) is 8.01. The van der Waals surface area contributed by atoms with Gasteiger partial charge in [0.1, 0.15) is 11.3 Å². The molecule has 0 radical (unpaired) electrons. The van der Waals surface area contributed by atoms with Crippen LogP contribution in [0.25, 0.3) is 22.0 Å². The van der Waals surface area contributed by atoms with E-state index in [1.165, 1.54) is 6.07 Å². The molecule has 33 heavy (non-hydrogen) atoms. The highest BCUT2D eigenvalue weighted by atomic mass is 19.1. The van der Waals surface area contributed by atoms with Crippen LogP contribution in [0, 0.1) is 17.3 Å². The third-order valence-electron chi connectivity index (χ3n) is 5.94. The summed E-state index contributed by atoms with van der Waals surface area (Å²) in [5.41, 5.74) is 7.86. The molecule has 8 nitrogen and oxygen atoms in total. The van der Waals surface area contributed by atoms with Gasteiger partial charge >= 0.3 is 0 Å². The van der Waals surface area contributed by atoms with E-state index in [1.807, 2.05) is 22.9 Å². The fourth-order valence-corrected chi connectivity index (χ4v) is 4.37. The molecule has 1 fully saturated rings. The number of likely N-dealkylation sites (tertiary alicyclic amines) is 1. The largest absolute Gasteiger partial charge is 0.454 e. The van der Waals surface area contributed by atoms with E-state index in [2.05, 4.69) is 16.4 Å². The average Bonchev–Trinajstić information content (AvgIpc) is 3.25. The Morgan fingerprint density at radius 2 is 2.00 bits per heavy atom. The standard InChI is InChI=1S/C24H21FN6O2/c25-19-5-1-2-6-20(19)33-17-9-7-15(8-10-17)18-13-31(16-4-3-11-30(12-16)14-26)22-21(18)23(27)28-29-24(22)32/h1-2,5-10,13,16H,3-4,11-12H2,(H2,27,28)(H,29,32)/t16-/m1/s1. The number of nitrogen functional groups attached to an aromatic ring is 1. The Balaban J connectivity index is 1.56. The van der Waals surface area contributed by atoms with Gasteiger partial charge in [-0.3, -0.25) is 4.79 Å². The van der Waals surface area contributed by atoms with Crippen LogP contribution in [-0.4, -0.2) is 32.8 Å². The number of rotatable bonds is 4. The maximum absolute atomic E-state index is 13.9. The number of hydrogen-bond acceptors (Lipinski definition) is 6. The first kappa shape index (κ1) is 20.6. The predicted molar refractivity (Wildman–Crippen MR) is 122 cm³/mol. The van der Waals surface area contributed by atoms with Crippen molar-refractivity contribution < 1.29 is 9.13 Å². The molecule has 1 aliphatic rings. The van der Waals surface area contributed by atoms with E-state index in [0.717, 1.165) is 24.0 Å². The maximum atomic E-state index is 13.9. The van der Waals surface area contributed by atoms with E-state index in [-0.39, 0.29) is 23.2 Å². The van der Waals surface area contributed by atoms with Crippen LogP contribution in [0.2, 0.25) is 0 Å². The minimum absolute atomic E-state index is 0.0405. The summed E-state index contributed by atoms with van der Waals surface area (Å²) in [7, 11) is 0. The van der Waals surface area contributed by atoms with E-state index < -0.39 is 5.82 Å². The van der Waals surface area contributed by atoms with E-state index in [1.54, 1.807) is 35.2 Å². The number of H-pyrrole nitrogens is 1. The van der Waals surface area contributed by atoms with Gasteiger partial charge in [-0.1, -0.05) is 24.3 Å². The van der Waals surface area contributed by atoms with Crippen LogP contribution >= 0.6 is 0 Å². The number of nitrogens with one attached hydrogen (secondary N) is 1. The Labute approximate surface area is 188 Å². The molecule has 4 aromatic rings. The van der Waals surface area contributed by atoms with Crippen molar-refractivity contribution in [2.24, 2.45) is 0 Å². The molecule has 5 rings (SSSR count). The van der Waals surface area contributed by atoms with Gasteiger partial charge in [0, 0.05) is 24.8 Å². The molecule has 2 aromatic carbocycles. The fraction of sp³-hybridized carbons (Fsp3) is 0.208. The lowest BCUT2D eigenvalue weighted by molar-refractivity contribution is 0.248. The number of piperidine rings is 1. The van der Waals surface area contributed by atoms with Crippen LogP contribution in [0.5, 0.6) is 11.5 Å². The molecule has 9 heteroatoms. The topological polar surface area (TPSA) is 113 Å². The molecule has 166 valence electrons. The maximum Gasteiger partial charge on any atom is 0.288 e. The molecule has 1 aliphatic heterocycles. The predicted octanol–water partition coefficient (Wildman–Crippen LogP) is 4.02. The molecule has 2 aromatic heterocycles. The number of anilines is 1. The van der Waals surface area contributed by atoms with Crippen LogP contribution < -0.4 is 16.0 Å². The molecule has 0 amide bonds. The van der Waals surface area contributed by atoms with Gasteiger partial charge in [0.25, 0.3) is 5.56 Å². The summed E-state index contributed by atoms with van der Waals surface area (Å²) >= 11 is 0. The fourth-order valence-electron chi connectivity index (χ4n) is 4.37. The molecule has 1 saturated heterocycles. The first-order valence-electron chi connectivity index (χ1n) is 10.6. The van der Waals surface area contributed by atoms with Crippen molar-refractivity contribution in [3.8, 4) is 28.8 Å². The van der Waals surface area contributed by atoms with Gasteiger partial charge in [-0.25, -0.2) is 9.49 Å². The lowest BCUT2D eigenvalue weighted by Crippen LogP contribution is -2.33. The number of aromatic nitrogens is 3. The van der Waals surface area contributed by atoms with Crippen molar-refractivity contribution in [3.05, 3.63) is 70.9 Å². The zero-order valence-corrected chi connectivity index (χ0v) is 17.7. The number of nitriles is 1. The first-order valence-corrected chi connectivity index (χ1v) is 10.6. The lowest BCUT2D eigenvalue weighted by Gasteiger charge is -2.30. The van der Waals surface area contributed by atoms with Gasteiger partial charge in [-0.15, -0.1) is 0 Å². The summed E-state index contributed by atoms with van der Waals surface area (Å²) in [5, 5.41) is 16.3. The van der Waals surface area contributed by atoms with E-state index >= 15 is 0 Å². The Hall–Kier alpha value is -4.32. The highest BCUT2D eigenvalue weighted by Crippen LogP contribution is 2.36. The van der Waals surface area contributed by atoms with E-state index in [4.69, 9.17) is 10.5 Å². The molecular formula is C24H21FN6O2. The second kappa shape index (κ2) is 8.31. The highest BCUT2D eigenvalue weighted by molar-refractivity contribution is 6.02. The van der Waals surface area contributed by atoms with Gasteiger partial charge in [-0.2, -0.15) is 10.4 Å². The van der Waals surface area contributed by atoms with E-state index in [0.29, 0.717) is 29.7 Å². The van der Waals surface area contributed by atoms with Gasteiger partial charge in [0.15, 0.2) is 23.6 Å². The summed E-state index contributed by atoms with van der Waals surface area (Å²) in [5.74, 6) is 0.397. The summed E-state index contributed by atoms with van der Waals surface area (Å²) in [4.78, 5) is 14.5. The third kappa shape index (κ3) is 3.76. The first-order chi connectivity index (χ1) is 16.0. The normalized spacial score (nSPS) is 16.0. The quantitative estimate of drug-likeness (QED) is 0.460. The number of halogens is 1. The summed E-state index contributed by atoms with van der Waals surface area (Å²) < 4.78 is 21.5. The number of fused-ring (bicyclic) bond motifs is 1. The number of nitrogens with zero attached hydrogens (tertiary/aromatic N) is 4. The molecule has 3 heterocycles. The number of nitrogens with two attached hydrogens (primary N) is 1. The van der Waals surface area contributed by atoms with Crippen molar-refractivity contribution in [3.63, 3.8) is 0 Å². The molecular weight excluding hydrogens is 423 g/mol. The number of aromatic amines is 1. The minimum Gasteiger partial charge on any atom is -0.454 e. The van der Waals surface area contributed by atoms with Crippen molar-refractivity contribution >= 4 is 16.7 Å². The SMILES string of the molecule is N#CN1CCC[C@@H](n2cc(-c3ccc(Oc4ccccc4F)cc3)c3c(N)n[nH]c(=O)c32)C1. The van der Waals surface area contributed by atoms with Crippen molar-refractivity contribution in [1.82, 2.24) is 19.7 Å². The Morgan fingerprint density at radius 3 is 2.76 bits per heavy atom. The van der Waals surface area contributed by atoms with Crippen LogP contribution in [0.4, 0.5) is 10.2 Å². The van der Waals surface area contributed by atoms with Crippen molar-refractivity contribution in [2.75, 3.05) is 18.8 Å². The number of para-hydroxylation sites is 1.